The van der Waals surface area contributed by atoms with Crippen LogP contribution in [0.1, 0.15) is 32.3 Å². The van der Waals surface area contributed by atoms with Gasteiger partial charge in [-0.2, -0.15) is 5.26 Å². The fourth-order valence-corrected chi connectivity index (χ4v) is 2.64. The molecule has 0 bridgehead atoms. The van der Waals surface area contributed by atoms with Crippen LogP contribution in [0.15, 0.2) is 24.5 Å². The number of aromatic nitrogens is 1. The summed E-state index contributed by atoms with van der Waals surface area (Å²) in [7, 11) is 0. The zero-order chi connectivity index (χ0) is 13.0. The molecule has 0 aromatic carbocycles. The molecule has 1 aromatic rings. The number of nitriles is 1. The fourth-order valence-electron chi connectivity index (χ4n) is 2.64. The van der Waals surface area contributed by atoms with Gasteiger partial charge in [0.1, 0.15) is 0 Å². The van der Waals surface area contributed by atoms with Gasteiger partial charge in [-0.3, -0.25) is 9.88 Å². The Morgan fingerprint density at radius 2 is 2.17 bits per heavy atom. The summed E-state index contributed by atoms with van der Waals surface area (Å²) in [6.45, 7) is 7.71. The van der Waals surface area contributed by atoms with Crippen molar-refractivity contribution in [2.24, 2.45) is 11.3 Å². The van der Waals surface area contributed by atoms with E-state index in [0.29, 0.717) is 17.8 Å². The van der Waals surface area contributed by atoms with E-state index in [1.54, 1.807) is 0 Å². The van der Waals surface area contributed by atoms with Crippen molar-refractivity contribution in [2.45, 2.75) is 33.2 Å². The Labute approximate surface area is 109 Å². The Bertz CT molecular complexity index is 419. The molecule has 1 aliphatic heterocycles. The molecular formula is C15H21N3. The molecule has 1 saturated heterocycles. The number of hydrogen-bond acceptors (Lipinski definition) is 3. The standard InChI is InChI=1S/C15H21N3/c1-15(2)6-10-18(12-14(15)3-7-16)11-13-4-8-17-9-5-13/h4-5,8-9,14H,3,6,10-12H2,1-2H3. The predicted octanol–water partition coefficient (Wildman–Crippen LogP) is 2.84. The van der Waals surface area contributed by atoms with Gasteiger partial charge in [-0.1, -0.05) is 13.8 Å². The molecule has 0 saturated carbocycles. The summed E-state index contributed by atoms with van der Waals surface area (Å²) in [6.07, 6.45) is 5.52. The van der Waals surface area contributed by atoms with Crippen molar-refractivity contribution in [3.8, 4) is 6.07 Å². The summed E-state index contributed by atoms with van der Waals surface area (Å²) in [5, 5.41) is 8.95. The summed E-state index contributed by atoms with van der Waals surface area (Å²) in [4.78, 5) is 6.51. The van der Waals surface area contributed by atoms with Crippen LogP contribution in [0.5, 0.6) is 0 Å². The maximum atomic E-state index is 8.95. The van der Waals surface area contributed by atoms with E-state index in [9.17, 15) is 0 Å². The van der Waals surface area contributed by atoms with Crippen LogP contribution >= 0.6 is 0 Å². The SMILES string of the molecule is CC1(C)CCN(Cc2ccncc2)CC1CC#N. The Kier molecular flexibility index (Phi) is 3.98. The maximum absolute atomic E-state index is 8.95. The van der Waals surface area contributed by atoms with Crippen LogP contribution in [-0.2, 0) is 6.54 Å². The molecule has 0 radical (unpaired) electrons. The number of likely N-dealkylation sites (tertiary alicyclic amines) is 1. The smallest absolute Gasteiger partial charge is 0.0625 e. The van der Waals surface area contributed by atoms with Crippen molar-refractivity contribution in [2.75, 3.05) is 13.1 Å². The number of rotatable bonds is 3. The monoisotopic (exact) mass is 243 g/mol. The molecule has 1 aliphatic rings. The molecule has 0 N–H and O–H groups in total. The van der Waals surface area contributed by atoms with Gasteiger partial charge in [0.15, 0.2) is 0 Å². The Hall–Kier alpha value is -1.40. The van der Waals surface area contributed by atoms with Gasteiger partial charge >= 0.3 is 0 Å². The average Bonchev–Trinajstić information content (AvgIpc) is 2.35. The first-order valence-corrected chi connectivity index (χ1v) is 6.60. The third-order valence-electron chi connectivity index (χ3n) is 4.15. The lowest BCUT2D eigenvalue weighted by atomic mass is 9.72. The Morgan fingerprint density at radius 3 is 2.83 bits per heavy atom. The summed E-state index contributed by atoms with van der Waals surface area (Å²) in [5.74, 6) is 0.484. The second-order valence-corrected chi connectivity index (χ2v) is 5.89. The van der Waals surface area contributed by atoms with Crippen LogP contribution in [0.25, 0.3) is 0 Å². The number of piperidine rings is 1. The van der Waals surface area contributed by atoms with Crippen molar-refractivity contribution >= 4 is 0 Å². The van der Waals surface area contributed by atoms with E-state index >= 15 is 0 Å². The van der Waals surface area contributed by atoms with Crippen LogP contribution in [0, 0.1) is 22.7 Å². The van der Waals surface area contributed by atoms with Crippen LogP contribution in [0.2, 0.25) is 0 Å². The third-order valence-corrected chi connectivity index (χ3v) is 4.15. The molecular weight excluding hydrogens is 222 g/mol. The first-order chi connectivity index (χ1) is 8.62. The van der Waals surface area contributed by atoms with Crippen LogP contribution in [0.3, 0.4) is 0 Å². The summed E-state index contributed by atoms with van der Waals surface area (Å²) in [6, 6.07) is 6.48. The lowest BCUT2D eigenvalue weighted by Gasteiger charge is -2.43. The van der Waals surface area contributed by atoms with Crippen molar-refractivity contribution in [3.05, 3.63) is 30.1 Å². The predicted molar refractivity (Wildman–Crippen MR) is 71.6 cm³/mol. The number of nitrogens with zero attached hydrogens (tertiary/aromatic N) is 3. The average molecular weight is 243 g/mol. The number of pyridine rings is 1. The van der Waals surface area contributed by atoms with Gasteiger partial charge in [0, 0.05) is 31.9 Å². The second-order valence-electron chi connectivity index (χ2n) is 5.89. The lowest BCUT2D eigenvalue weighted by molar-refractivity contribution is 0.0582. The molecule has 2 rings (SSSR count). The lowest BCUT2D eigenvalue weighted by Crippen LogP contribution is -2.44. The van der Waals surface area contributed by atoms with Gasteiger partial charge in [-0.05, 0) is 42.0 Å². The fraction of sp³-hybridized carbons (Fsp3) is 0.600. The molecule has 3 nitrogen and oxygen atoms in total. The Balaban J connectivity index is 1.99. The van der Waals surface area contributed by atoms with E-state index in [-0.39, 0.29) is 0 Å². The van der Waals surface area contributed by atoms with Gasteiger partial charge in [0.2, 0.25) is 0 Å². The summed E-state index contributed by atoms with van der Waals surface area (Å²) >= 11 is 0. The van der Waals surface area contributed by atoms with Crippen LogP contribution in [0.4, 0.5) is 0 Å². The molecule has 2 heterocycles. The highest BCUT2D eigenvalue weighted by Gasteiger charge is 2.35. The summed E-state index contributed by atoms with van der Waals surface area (Å²) < 4.78 is 0. The van der Waals surface area contributed by atoms with Gasteiger partial charge in [0.05, 0.1) is 6.07 Å². The van der Waals surface area contributed by atoms with Crippen molar-refractivity contribution in [3.63, 3.8) is 0 Å². The topological polar surface area (TPSA) is 39.9 Å². The molecule has 18 heavy (non-hydrogen) atoms. The van der Waals surface area contributed by atoms with E-state index in [0.717, 1.165) is 19.6 Å². The van der Waals surface area contributed by atoms with E-state index in [1.807, 2.05) is 12.4 Å². The third kappa shape index (κ3) is 3.08. The second kappa shape index (κ2) is 5.49. The quantitative estimate of drug-likeness (QED) is 0.819. The highest BCUT2D eigenvalue weighted by molar-refractivity contribution is 5.09. The van der Waals surface area contributed by atoms with E-state index in [1.165, 1.54) is 12.0 Å². The van der Waals surface area contributed by atoms with Crippen LogP contribution in [-0.4, -0.2) is 23.0 Å². The first kappa shape index (κ1) is 13.0. The highest BCUT2D eigenvalue weighted by Crippen LogP contribution is 2.37. The minimum absolute atomic E-state index is 0.296. The maximum Gasteiger partial charge on any atom is 0.0625 e. The van der Waals surface area contributed by atoms with Gasteiger partial charge in [-0.25, -0.2) is 0 Å². The minimum atomic E-state index is 0.296. The Morgan fingerprint density at radius 1 is 1.44 bits per heavy atom. The van der Waals surface area contributed by atoms with E-state index in [2.05, 4.69) is 41.9 Å². The minimum Gasteiger partial charge on any atom is -0.299 e. The van der Waals surface area contributed by atoms with Gasteiger partial charge in [-0.15, -0.1) is 0 Å². The zero-order valence-corrected chi connectivity index (χ0v) is 11.3. The van der Waals surface area contributed by atoms with Crippen molar-refractivity contribution in [1.82, 2.24) is 9.88 Å². The van der Waals surface area contributed by atoms with Crippen LogP contribution < -0.4 is 0 Å². The molecule has 3 heteroatoms. The zero-order valence-electron chi connectivity index (χ0n) is 11.3. The van der Waals surface area contributed by atoms with Gasteiger partial charge in [0.25, 0.3) is 0 Å². The van der Waals surface area contributed by atoms with E-state index < -0.39 is 0 Å². The molecule has 0 spiro atoms. The van der Waals surface area contributed by atoms with Gasteiger partial charge < -0.3 is 0 Å². The first-order valence-electron chi connectivity index (χ1n) is 6.60. The molecule has 0 amide bonds. The molecule has 96 valence electrons. The molecule has 1 aromatic heterocycles. The molecule has 0 aliphatic carbocycles. The normalized spacial score (nSPS) is 23.5. The molecule has 1 unspecified atom stereocenters. The van der Waals surface area contributed by atoms with Crippen molar-refractivity contribution < 1.29 is 0 Å². The van der Waals surface area contributed by atoms with E-state index in [4.69, 9.17) is 5.26 Å². The number of hydrogen-bond donors (Lipinski definition) is 0. The molecule has 1 fully saturated rings. The highest BCUT2D eigenvalue weighted by atomic mass is 15.1. The molecule has 1 atom stereocenters. The largest absolute Gasteiger partial charge is 0.299 e. The van der Waals surface area contributed by atoms with Crippen molar-refractivity contribution in [1.29, 1.82) is 5.26 Å². The summed E-state index contributed by atoms with van der Waals surface area (Å²) in [5.41, 5.74) is 1.60.